The van der Waals surface area contributed by atoms with E-state index < -0.39 is 13.8 Å². The van der Waals surface area contributed by atoms with E-state index in [0.29, 0.717) is 11.2 Å². The van der Waals surface area contributed by atoms with Crippen LogP contribution in [0.1, 0.15) is 0 Å². The highest BCUT2D eigenvalue weighted by atomic mass is 19.1. The molecular weight excluding hydrogens is 202 g/mol. The second kappa shape index (κ2) is 3.91. The molecule has 0 saturated carbocycles. The van der Waals surface area contributed by atoms with Crippen LogP contribution in [0.2, 0.25) is 0 Å². The fraction of sp³-hybridized carbons (Fsp3) is 0.286. The second-order valence-electron chi connectivity index (χ2n) is 2.95. The Balaban J connectivity index is 2.51. The van der Waals surface area contributed by atoms with Gasteiger partial charge in [-0.2, -0.15) is 0 Å². The van der Waals surface area contributed by atoms with Gasteiger partial charge in [-0.05, 0) is 12.1 Å². The predicted octanol–water partition coefficient (Wildman–Crippen LogP) is -1.52. The van der Waals surface area contributed by atoms with Gasteiger partial charge in [0.1, 0.15) is 12.2 Å². The molecule has 0 aliphatic heterocycles. The standard InChI is InChI=1S/C7H8BFN4O2/c9-3-4-13-7-5(11-12-13)1-2-6(10-7)8(14)15/h1-2,14-15H,3-4H2. The van der Waals surface area contributed by atoms with Crippen LogP contribution >= 0.6 is 0 Å². The first kappa shape index (κ1) is 10.00. The Morgan fingerprint density at radius 3 is 2.87 bits per heavy atom. The quantitative estimate of drug-likeness (QED) is 0.600. The fourth-order valence-electron chi connectivity index (χ4n) is 1.24. The molecule has 2 rings (SSSR count). The van der Waals surface area contributed by atoms with Gasteiger partial charge in [0.25, 0.3) is 0 Å². The van der Waals surface area contributed by atoms with Crippen molar-refractivity contribution in [2.45, 2.75) is 6.54 Å². The fourth-order valence-corrected chi connectivity index (χ4v) is 1.24. The van der Waals surface area contributed by atoms with Crippen LogP contribution in [-0.2, 0) is 6.54 Å². The SMILES string of the molecule is OB(O)c1ccc2nnn(CCF)c2n1. The lowest BCUT2D eigenvalue weighted by atomic mass is 9.86. The summed E-state index contributed by atoms with van der Waals surface area (Å²) in [5.41, 5.74) is 0.927. The van der Waals surface area contributed by atoms with Crippen molar-refractivity contribution in [2.24, 2.45) is 0 Å². The summed E-state index contributed by atoms with van der Waals surface area (Å²) in [5, 5.41) is 25.3. The predicted molar refractivity (Wildman–Crippen MR) is 51.1 cm³/mol. The van der Waals surface area contributed by atoms with Gasteiger partial charge in [0.2, 0.25) is 0 Å². The smallest absolute Gasteiger partial charge is 0.422 e. The molecule has 0 unspecified atom stereocenters. The normalized spacial score (nSPS) is 10.9. The largest absolute Gasteiger partial charge is 0.508 e. The summed E-state index contributed by atoms with van der Waals surface area (Å²) in [5.74, 6) is 0. The van der Waals surface area contributed by atoms with Crippen molar-refractivity contribution >= 4 is 23.9 Å². The van der Waals surface area contributed by atoms with Crippen molar-refractivity contribution in [3.05, 3.63) is 12.1 Å². The Kier molecular flexibility index (Phi) is 2.61. The van der Waals surface area contributed by atoms with Crippen LogP contribution < -0.4 is 5.59 Å². The Labute approximate surface area is 84.5 Å². The van der Waals surface area contributed by atoms with E-state index in [1.54, 1.807) is 6.07 Å². The molecule has 2 N–H and O–H groups in total. The van der Waals surface area contributed by atoms with E-state index in [9.17, 15) is 4.39 Å². The number of rotatable bonds is 3. The lowest BCUT2D eigenvalue weighted by molar-refractivity contribution is 0.423. The molecule has 78 valence electrons. The van der Waals surface area contributed by atoms with E-state index in [0.717, 1.165) is 0 Å². The van der Waals surface area contributed by atoms with Crippen molar-refractivity contribution in [3.63, 3.8) is 0 Å². The highest BCUT2D eigenvalue weighted by molar-refractivity contribution is 6.57. The first-order chi connectivity index (χ1) is 7.22. The van der Waals surface area contributed by atoms with Gasteiger partial charge in [-0.15, -0.1) is 5.10 Å². The maximum absolute atomic E-state index is 12.1. The minimum atomic E-state index is -1.65. The third-order valence-corrected chi connectivity index (χ3v) is 1.94. The zero-order valence-electron chi connectivity index (χ0n) is 7.71. The van der Waals surface area contributed by atoms with Gasteiger partial charge in [-0.1, -0.05) is 5.21 Å². The Bertz CT molecular complexity index is 475. The number of hydrogen-bond acceptors (Lipinski definition) is 5. The molecule has 0 amide bonds. The van der Waals surface area contributed by atoms with Crippen molar-refractivity contribution < 1.29 is 14.4 Å². The summed E-state index contributed by atoms with van der Waals surface area (Å²) < 4.78 is 13.4. The van der Waals surface area contributed by atoms with Gasteiger partial charge >= 0.3 is 7.12 Å². The molecule has 15 heavy (non-hydrogen) atoms. The van der Waals surface area contributed by atoms with Crippen molar-refractivity contribution in [1.29, 1.82) is 0 Å². The van der Waals surface area contributed by atoms with Crippen molar-refractivity contribution in [3.8, 4) is 0 Å². The topological polar surface area (TPSA) is 84.1 Å². The van der Waals surface area contributed by atoms with E-state index in [1.807, 2.05) is 0 Å². The number of nitrogens with zero attached hydrogens (tertiary/aromatic N) is 4. The van der Waals surface area contributed by atoms with Gasteiger partial charge in [0.15, 0.2) is 5.65 Å². The van der Waals surface area contributed by atoms with Gasteiger partial charge in [0, 0.05) is 0 Å². The molecule has 2 aromatic heterocycles. The molecule has 0 radical (unpaired) electrons. The summed E-state index contributed by atoms with van der Waals surface area (Å²) in [6.45, 7) is -0.527. The highest BCUT2D eigenvalue weighted by Gasteiger charge is 2.15. The highest BCUT2D eigenvalue weighted by Crippen LogP contribution is 2.05. The van der Waals surface area contributed by atoms with E-state index in [2.05, 4.69) is 15.3 Å². The second-order valence-corrected chi connectivity index (χ2v) is 2.95. The molecule has 0 bridgehead atoms. The average molecular weight is 210 g/mol. The number of fused-ring (bicyclic) bond motifs is 1. The van der Waals surface area contributed by atoms with Crippen LogP contribution in [-0.4, -0.2) is 43.8 Å². The summed E-state index contributed by atoms with van der Waals surface area (Å²) in [4.78, 5) is 3.92. The summed E-state index contributed by atoms with van der Waals surface area (Å²) in [6, 6.07) is 2.99. The van der Waals surface area contributed by atoms with Gasteiger partial charge in [-0.3, -0.25) is 0 Å². The maximum atomic E-state index is 12.1. The number of hydrogen-bond donors (Lipinski definition) is 2. The first-order valence-corrected chi connectivity index (χ1v) is 4.34. The van der Waals surface area contributed by atoms with Crippen LogP contribution in [0.5, 0.6) is 0 Å². The van der Waals surface area contributed by atoms with Crippen LogP contribution in [0.3, 0.4) is 0 Å². The summed E-state index contributed by atoms with van der Waals surface area (Å²) in [7, 11) is -1.65. The molecule has 2 heterocycles. The number of aryl methyl sites for hydroxylation is 1. The molecule has 0 aromatic carbocycles. The van der Waals surface area contributed by atoms with Gasteiger partial charge < -0.3 is 10.0 Å². The summed E-state index contributed by atoms with van der Waals surface area (Å²) >= 11 is 0. The zero-order valence-corrected chi connectivity index (χ0v) is 7.71. The number of halogens is 1. The molecule has 2 aromatic rings. The molecular formula is C7H8BFN4O2. The van der Waals surface area contributed by atoms with Crippen LogP contribution in [0.25, 0.3) is 11.2 Å². The maximum Gasteiger partial charge on any atom is 0.508 e. The van der Waals surface area contributed by atoms with Crippen LogP contribution in [0.4, 0.5) is 4.39 Å². The summed E-state index contributed by atoms with van der Waals surface area (Å²) in [6.07, 6.45) is 0. The Morgan fingerprint density at radius 1 is 1.40 bits per heavy atom. The zero-order chi connectivity index (χ0) is 10.8. The number of alkyl halides is 1. The van der Waals surface area contributed by atoms with Crippen LogP contribution in [0, 0.1) is 0 Å². The van der Waals surface area contributed by atoms with Crippen molar-refractivity contribution in [2.75, 3.05) is 6.67 Å². The number of aromatic nitrogens is 4. The van der Waals surface area contributed by atoms with E-state index in [1.165, 1.54) is 10.7 Å². The number of pyridine rings is 1. The first-order valence-electron chi connectivity index (χ1n) is 4.34. The van der Waals surface area contributed by atoms with E-state index >= 15 is 0 Å². The monoisotopic (exact) mass is 210 g/mol. The molecule has 0 aliphatic carbocycles. The van der Waals surface area contributed by atoms with E-state index in [4.69, 9.17) is 10.0 Å². The van der Waals surface area contributed by atoms with Crippen molar-refractivity contribution in [1.82, 2.24) is 20.0 Å². The van der Waals surface area contributed by atoms with Gasteiger partial charge in [-0.25, -0.2) is 14.1 Å². The average Bonchev–Trinajstić information content (AvgIpc) is 2.61. The Morgan fingerprint density at radius 2 is 2.20 bits per heavy atom. The molecule has 0 spiro atoms. The van der Waals surface area contributed by atoms with Crippen LogP contribution in [0.15, 0.2) is 12.1 Å². The third kappa shape index (κ3) is 1.81. The Hall–Kier alpha value is -1.54. The molecule has 6 nitrogen and oxygen atoms in total. The molecule has 0 fully saturated rings. The third-order valence-electron chi connectivity index (χ3n) is 1.94. The molecule has 0 aliphatic rings. The van der Waals surface area contributed by atoms with Gasteiger partial charge in [0.05, 0.1) is 12.1 Å². The molecule has 0 saturated heterocycles. The van der Waals surface area contributed by atoms with E-state index in [-0.39, 0.29) is 12.1 Å². The molecule has 0 atom stereocenters. The minimum absolute atomic E-state index is 0.0501. The minimum Gasteiger partial charge on any atom is -0.422 e. The lowest BCUT2D eigenvalue weighted by Crippen LogP contribution is -2.32. The molecule has 8 heteroatoms. The lowest BCUT2D eigenvalue weighted by Gasteiger charge is -1.99.